The fraction of sp³-hybridized carbons (Fsp3) is 0.438. The van der Waals surface area contributed by atoms with Gasteiger partial charge in [0.05, 0.1) is 7.11 Å². The molecule has 0 N–H and O–H groups in total. The topological polar surface area (TPSA) is 39.4 Å². The third-order valence-corrected chi connectivity index (χ3v) is 4.00. The van der Waals surface area contributed by atoms with Crippen LogP contribution in [0, 0.1) is 0 Å². The van der Waals surface area contributed by atoms with Gasteiger partial charge in [-0.2, -0.15) is 0 Å². The Bertz CT molecular complexity index is 591. The minimum absolute atomic E-state index is 0.276. The number of furan rings is 1. The van der Waals surface area contributed by atoms with Crippen LogP contribution in [0.3, 0.4) is 0 Å². The Morgan fingerprint density at radius 2 is 2.00 bits per heavy atom. The number of rotatable bonds is 2. The molecule has 2 aromatic rings. The number of esters is 1. The molecule has 0 unspecified atom stereocenters. The Kier molecular flexibility index (Phi) is 3.28. The molecule has 3 heteroatoms. The van der Waals surface area contributed by atoms with Crippen molar-refractivity contribution in [1.29, 1.82) is 0 Å². The normalized spacial score (nSPS) is 16.7. The van der Waals surface area contributed by atoms with Crippen molar-refractivity contribution in [1.82, 2.24) is 0 Å². The standard InChI is InChI=1S/C16H18O3/c1-18-16(17)15-10-13-9-12(7-8-14(13)19-15)11-5-3-2-4-6-11/h7-11H,2-6H2,1H3. The van der Waals surface area contributed by atoms with Gasteiger partial charge in [-0.25, -0.2) is 4.79 Å². The number of fused-ring (bicyclic) bond motifs is 1. The quantitative estimate of drug-likeness (QED) is 0.755. The first-order valence-electron chi connectivity index (χ1n) is 6.90. The number of carbonyl (C=O) groups excluding carboxylic acids is 1. The van der Waals surface area contributed by atoms with Crippen LogP contribution >= 0.6 is 0 Å². The average Bonchev–Trinajstić information content (AvgIpc) is 2.90. The highest BCUT2D eigenvalue weighted by molar-refractivity contribution is 5.92. The molecule has 100 valence electrons. The van der Waals surface area contributed by atoms with Crippen molar-refractivity contribution in [3.05, 3.63) is 35.6 Å². The summed E-state index contributed by atoms with van der Waals surface area (Å²) in [6.45, 7) is 0. The molecule has 0 saturated heterocycles. The Hall–Kier alpha value is -1.77. The van der Waals surface area contributed by atoms with Crippen molar-refractivity contribution in [2.45, 2.75) is 38.0 Å². The number of hydrogen-bond acceptors (Lipinski definition) is 3. The van der Waals surface area contributed by atoms with E-state index in [9.17, 15) is 4.79 Å². The third kappa shape index (κ3) is 2.37. The van der Waals surface area contributed by atoms with Gasteiger partial charge < -0.3 is 9.15 Å². The molecular formula is C16H18O3. The van der Waals surface area contributed by atoms with Gasteiger partial charge in [-0.3, -0.25) is 0 Å². The van der Waals surface area contributed by atoms with Crippen molar-refractivity contribution in [3.63, 3.8) is 0 Å². The molecule has 0 spiro atoms. The fourth-order valence-corrected chi connectivity index (χ4v) is 2.95. The van der Waals surface area contributed by atoms with E-state index in [1.165, 1.54) is 44.8 Å². The van der Waals surface area contributed by atoms with Gasteiger partial charge >= 0.3 is 5.97 Å². The summed E-state index contributed by atoms with van der Waals surface area (Å²) >= 11 is 0. The Balaban J connectivity index is 1.93. The maximum Gasteiger partial charge on any atom is 0.373 e. The van der Waals surface area contributed by atoms with E-state index >= 15 is 0 Å². The first-order chi connectivity index (χ1) is 9.28. The van der Waals surface area contributed by atoms with Crippen LogP contribution in [0.25, 0.3) is 11.0 Å². The lowest BCUT2D eigenvalue weighted by Gasteiger charge is -2.21. The smallest absolute Gasteiger partial charge is 0.373 e. The highest BCUT2D eigenvalue weighted by Crippen LogP contribution is 2.34. The van der Waals surface area contributed by atoms with Crippen molar-refractivity contribution in [2.24, 2.45) is 0 Å². The first-order valence-corrected chi connectivity index (χ1v) is 6.90. The van der Waals surface area contributed by atoms with E-state index in [4.69, 9.17) is 4.42 Å². The Morgan fingerprint density at radius 3 is 2.74 bits per heavy atom. The molecule has 1 heterocycles. The van der Waals surface area contributed by atoms with Crippen molar-refractivity contribution in [2.75, 3.05) is 7.11 Å². The van der Waals surface area contributed by atoms with Crippen LogP contribution in [0.4, 0.5) is 0 Å². The van der Waals surface area contributed by atoms with E-state index in [-0.39, 0.29) is 5.76 Å². The van der Waals surface area contributed by atoms with Gasteiger partial charge in [-0.15, -0.1) is 0 Å². The largest absolute Gasteiger partial charge is 0.463 e. The lowest BCUT2D eigenvalue weighted by molar-refractivity contribution is 0.0567. The second-order valence-electron chi connectivity index (χ2n) is 5.23. The summed E-state index contributed by atoms with van der Waals surface area (Å²) < 4.78 is 10.2. The predicted molar refractivity (Wildman–Crippen MR) is 73.4 cm³/mol. The zero-order valence-corrected chi connectivity index (χ0v) is 11.1. The van der Waals surface area contributed by atoms with Gasteiger partial charge in [0.2, 0.25) is 5.76 Å². The molecule has 19 heavy (non-hydrogen) atoms. The van der Waals surface area contributed by atoms with Crippen LogP contribution in [0.2, 0.25) is 0 Å². The highest BCUT2D eigenvalue weighted by Gasteiger charge is 2.17. The maximum atomic E-state index is 11.5. The van der Waals surface area contributed by atoms with E-state index < -0.39 is 5.97 Å². The third-order valence-electron chi connectivity index (χ3n) is 4.00. The molecule has 1 saturated carbocycles. The summed E-state index contributed by atoms with van der Waals surface area (Å²) in [5.74, 6) is 0.517. The Labute approximate surface area is 112 Å². The summed E-state index contributed by atoms with van der Waals surface area (Å²) in [6.07, 6.45) is 6.54. The molecule has 3 rings (SSSR count). The molecular weight excluding hydrogens is 240 g/mol. The zero-order valence-electron chi connectivity index (χ0n) is 11.1. The number of ether oxygens (including phenoxy) is 1. The Morgan fingerprint density at radius 1 is 1.21 bits per heavy atom. The van der Waals surface area contributed by atoms with E-state index in [0.29, 0.717) is 5.92 Å². The predicted octanol–water partition coefficient (Wildman–Crippen LogP) is 4.27. The van der Waals surface area contributed by atoms with Gasteiger partial charge in [-0.05, 0) is 42.5 Å². The molecule has 1 fully saturated rings. The van der Waals surface area contributed by atoms with Gasteiger partial charge in [0, 0.05) is 5.39 Å². The van der Waals surface area contributed by atoms with Gasteiger partial charge in [0.25, 0.3) is 0 Å². The van der Waals surface area contributed by atoms with E-state index in [2.05, 4.69) is 16.9 Å². The lowest BCUT2D eigenvalue weighted by Crippen LogP contribution is -2.03. The van der Waals surface area contributed by atoms with Crippen LogP contribution in [-0.4, -0.2) is 13.1 Å². The van der Waals surface area contributed by atoms with Gasteiger partial charge in [0.15, 0.2) is 0 Å². The van der Waals surface area contributed by atoms with Crippen LogP contribution in [-0.2, 0) is 4.74 Å². The van der Waals surface area contributed by atoms with Gasteiger partial charge in [0.1, 0.15) is 5.58 Å². The van der Waals surface area contributed by atoms with Crippen LogP contribution in [0.1, 0.15) is 54.1 Å². The maximum absolute atomic E-state index is 11.5. The fourth-order valence-electron chi connectivity index (χ4n) is 2.95. The SMILES string of the molecule is COC(=O)c1cc2cc(C3CCCCC3)ccc2o1. The average molecular weight is 258 g/mol. The molecule has 3 nitrogen and oxygen atoms in total. The van der Waals surface area contributed by atoms with Crippen molar-refractivity contribution >= 4 is 16.9 Å². The number of benzene rings is 1. The highest BCUT2D eigenvalue weighted by atomic mass is 16.5. The van der Waals surface area contributed by atoms with Crippen molar-refractivity contribution in [3.8, 4) is 0 Å². The summed E-state index contributed by atoms with van der Waals surface area (Å²) in [6, 6.07) is 8.02. The molecule has 0 aliphatic heterocycles. The van der Waals surface area contributed by atoms with Gasteiger partial charge in [-0.1, -0.05) is 25.3 Å². The molecule has 0 bridgehead atoms. The monoisotopic (exact) mass is 258 g/mol. The number of carbonyl (C=O) groups is 1. The molecule has 1 aromatic carbocycles. The minimum Gasteiger partial charge on any atom is -0.463 e. The first kappa shape index (κ1) is 12.3. The summed E-state index contributed by atoms with van der Waals surface area (Å²) in [4.78, 5) is 11.5. The summed E-state index contributed by atoms with van der Waals surface area (Å²) in [5.41, 5.74) is 2.12. The number of methoxy groups -OCH3 is 1. The molecule has 1 aromatic heterocycles. The van der Waals surface area contributed by atoms with Crippen LogP contribution < -0.4 is 0 Å². The minimum atomic E-state index is -0.421. The van der Waals surface area contributed by atoms with Crippen LogP contribution in [0.5, 0.6) is 0 Å². The molecule has 1 aliphatic carbocycles. The molecule has 0 atom stereocenters. The van der Waals surface area contributed by atoms with E-state index in [0.717, 1.165) is 11.0 Å². The second-order valence-corrected chi connectivity index (χ2v) is 5.23. The van der Waals surface area contributed by atoms with Crippen LogP contribution in [0.15, 0.2) is 28.7 Å². The summed E-state index contributed by atoms with van der Waals surface area (Å²) in [7, 11) is 1.36. The van der Waals surface area contributed by atoms with E-state index in [1.54, 1.807) is 6.07 Å². The molecule has 0 amide bonds. The number of hydrogen-bond donors (Lipinski definition) is 0. The zero-order chi connectivity index (χ0) is 13.2. The molecule has 1 aliphatic rings. The lowest BCUT2D eigenvalue weighted by atomic mass is 9.84. The molecule has 0 radical (unpaired) electrons. The summed E-state index contributed by atoms with van der Waals surface area (Å²) in [5, 5.41) is 0.989. The second kappa shape index (κ2) is 5.08. The van der Waals surface area contributed by atoms with Crippen molar-refractivity contribution < 1.29 is 13.9 Å². The van der Waals surface area contributed by atoms with E-state index in [1.807, 2.05) is 6.07 Å².